The highest BCUT2D eigenvalue weighted by Gasteiger charge is 2.17. The van der Waals surface area contributed by atoms with Crippen LogP contribution in [-0.2, 0) is 4.74 Å². The molecule has 2 amide bonds. The lowest BCUT2D eigenvalue weighted by atomic mass is 10.2. The number of urea groups is 1. The van der Waals surface area contributed by atoms with Gasteiger partial charge in [-0.2, -0.15) is 0 Å². The highest BCUT2D eigenvalue weighted by atomic mass is 16.5. The van der Waals surface area contributed by atoms with E-state index in [9.17, 15) is 4.79 Å². The van der Waals surface area contributed by atoms with Crippen LogP contribution in [-0.4, -0.2) is 37.9 Å². The van der Waals surface area contributed by atoms with Crippen LogP contribution in [0.15, 0.2) is 0 Å². The molecule has 1 rings (SSSR count). The first-order valence-electron chi connectivity index (χ1n) is 5.06. The number of amides is 2. The van der Waals surface area contributed by atoms with Crippen LogP contribution in [0.3, 0.4) is 0 Å². The maximum atomic E-state index is 11.3. The zero-order chi connectivity index (χ0) is 10.4. The zero-order valence-electron chi connectivity index (χ0n) is 8.58. The number of hydrogen-bond donors (Lipinski definition) is 3. The fourth-order valence-corrected chi connectivity index (χ4v) is 1.30. The molecule has 14 heavy (non-hydrogen) atoms. The van der Waals surface area contributed by atoms with Crippen molar-refractivity contribution >= 4 is 6.03 Å². The Balaban J connectivity index is 2.03. The molecule has 0 aromatic heterocycles. The minimum Gasteiger partial charge on any atom is -0.379 e. The molecule has 0 radical (unpaired) electrons. The molecule has 0 saturated carbocycles. The zero-order valence-corrected chi connectivity index (χ0v) is 8.58. The Morgan fingerprint density at radius 3 is 3.07 bits per heavy atom. The molecule has 2 unspecified atom stereocenters. The van der Waals surface area contributed by atoms with Crippen molar-refractivity contribution in [2.24, 2.45) is 5.73 Å². The second-order valence-corrected chi connectivity index (χ2v) is 3.73. The third-order valence-electron chi connectivity index (χ3n) is 2.15. The third kappa shape index (κ3) is 4.43. The van der Waals surface area contributed by atoms with Gasteiger partial charge in [0, 0.05) is 19.2 Å². The molecule has 1 fully saturated rings. The van der Waals surface area contributed by atoms with Crippen molar-refractivity contribution < 1.29 is 9.53 Å². The van der Waals surface area contributed by atoms with E-state index in [1.165, 1.54) is 0 Å². The first kappa shape index (κ1) is 11.3. The molecule has 0 spiro atoms. The van der Waals surface area contributed by atoms with Crippen molar-refractivity contribution in [3.05, 3.63) is 0 Å². The Bertz CT molecular complexity index is 179. The molecule has 2 atom stereocenters. The van der Waals surface area contributed by atoms with E-state index in [1.807, 2.05) is 6.92 Å². The summed E-state index contributed by atoms with van der Waals surface area (Å²) in [7, 11) is 0. The van der Waals surface area contributed by atoms with Gasteiger partial charge in [0.2, 0.25) is 0 Å². The smallest absolute Gasteiger partial charge is 0.315 e. The minimum atomic E-state index is -0.124. The summed E-state index contributed by atoms with van der Waals surface area (Å²) >= 11 is 0. The van der Waals surface area contributed by atoms with Crippen LogP contribution in [0.2, 0.25) is 0 Å². The molecule has 0 aliphatic carbocycles. The second kappa shape index (κ2) is 5.82. The SMILES string of the molecule is CC(N)CCNC(=O)NC1CCOC1. The molecular weight excluding hydrogens is 182 g/mol. The minimum absolute atomic E-state index is 0.124. The molecular formula is C9H19N3O2. The van der Waals surface area contributed by atoms with Crippen molar-refractivity contribution in [3.63, 3.8) is 0 Å². The van der Waals surface area contributed by atoms with Gasteiger partial charge in [0.05, 0.1) is 12.6 Å². The molecule has 0 bridgehead atoms. The first-order chi connectivity index (χ1) is 6.68. The molecule has 1 heterocycles. The topological polar surface area (TPSA) is 76.4 Å². The van der Waals surface area contributed by atoms with Crippen molar-refractivity contribution in [3.8, 4) is 0 Å². The molecule has 5 heteroatoms. The largest absolute Gasteiger partial charge is 0.379 e. The van der Waals surface area contributed by atoms with Gasteiger partial charge in [0.25, 0.3) is 0 Å². The van der Waals surface area contributed by atoms with Gasteiger partial charge in [-0.1, -0.05) is 0 Å². The summed E-state index contributed by atoms with van der Waals surface area (Å²) in [6.07, 6.45) is 1.70. The van der Waals surface area contributed by atoms with Crippen LogP contribution in [0.25, 0.3) is 0 Å². The lowest BCUT2D eigenvalue weighted by molar-refractivity contribution is 0.188. The summed E-state index contributed by atoms with van der Waals surface area (Å²) in [6, 6.07) is 0.177. The molecule has 1 aliphatic rings. The molecule has 5 nitrogen and oxygen atoms in total. The van der Waals surface area contributed by atoms with Crippen LogP contribution in [0.5, 0.6) is 0 Å². The molecule has 1 saturated heterocycles. The quantitative estimate of drug-likeness (QED) is 0.590. The number of nitrogens with one attached hydrogen (secondary N) is 2. The number of rotatable bonds is 4. The molecule has 0 aromatic rings. The van der Waals surface area contributed by atoms with Crippen molar-refractivity contribution in [2.75, 3.05) is 19.8 Å². The normalized spacial score (nSPS) is 23.1. The van der Waals surface area contributed by atoms with Crippen molar-refractivity contribution in [2.45, 2.75) is 31.8 Å². The maximum Gasteiger partial charge on any atom is 0.315 e. The van der Waals surface area contributed by atoms with Gasteiger partial charge in [0.1, 0.15) is 0 Å². The molecule has 0 aromatic carbocycles. The second-order valence-electron chi connectivity index (χ2n) is 3.73. The van der Waals surface area contributed by atoms with Crippen LogP contribution >= 0.6 is 0 Å². The van der Waals surface area contributed by atoms with Gasteiger partial charge < -0.3 is 21.1 Å². The highest BCUT2D eigenvalue weighted by Crippen LogP contribution is 2.02. The van der Waals surface area contributed by atoms with Crippen LogP contribution < -0.4 is 16.4 Å². The van der Waals surface area contributed by atoms with Crippen molar-refractivity contribution in [1.29, 1.82) is 0 Å². The Kier molecular flexibility index (Phi) is 4.69. The average Bonchev–Trinajstić information content (AvgIpc) is 2.56. The molecule has 4 N–H and O–H groups in total. The average molecular weight is 201 g/mol. The first-order valence-corrected chi connectivity index (χ1v) is 5.06. The number of carbonyl (C=O) groups excluding carboxylic acids is 1. The molecule has 1 aliphatic heterocycles. The van der Waals surface area contributed by atoms with Gasteiger partial charge in [-0.05, 0) is 19.8 Å². The lowest BCUT2D eigenvalue weighted by Gasteiger charge is -2.12. The number of carbonyl (C=O) groups is 1. The summed E-state index contributed by atoms with van der Waals surface area (Å²) < 4.78 is 5.14. The maximum absolute atomic E-state index is 11.3. The van der Waals surface area contributed by atoms with Gasteiger partial charge >= 0.3 is 6.03 Å². The third-order valence-corrected chi connectivity index (χ3v) is 2.15. The van der Waals surface area contributed by atoms with Crippen LogP contribution in [0.1, 0.15) is 19.8 Å². The van der Waals surface area contributed by atoms with Crippen LogP contribution in [0, 0.1) is 0 Å². The lowest BCUT2D eigenvalue weighted by Crippen LogP contribution is -2.43. The van der Waals surface area contributed by atoms with E-state index in [1.54, 1.807) is 0 Å². The predicted molar refractivity (Wildman–Crippen MR) is 54.0 cm³/mol. The van der Waals surface area contributed by atoms with Gasteiger partial charge in [0.15, 0.2) is 0 Å². The fraction of sp³-hybridized carbons (Fsp3) is 0.889. The van der Waals surface area contributed by atoms with E-state index in [4.69, 9.17) is 10.5 Å². The molecule has 82 valence electrons. The highest BCUT2D eigenvalue weighted by molar-refractivity contribution is 5.74. The van der Waals surface area contributed by atoms with Gasteiger partial charge in [-0.3, -0.25) is 0 Å². The Hall–Kier alpha value is -0.810. The number of ether oxygens (including phenoxy) is 1. The van der Waals surface area contributed by atoms with Gasteiger partial charge in [-0.25, -0.2) is 4.79 Å². The Morgan fingerprint density at radius 1 is 1.71 bits per heavy atom. The van der Waals surface area contributed by atoms with E-state index in [0.717, 1.165) is 19.4 Å². The fourth-order valence-electron chi connectivity index (χ4n) is 1.30. The monoisotopic (exact) mass is 201 g/mol. The van der Waals surface area contributed by atoms with E-state index < -0.39 is 0 Å². The predicted octanol–water partition coefficient (Wildman–Crippen LogP) is -0.188. The summed E-state index contributed by atoms with van der Waals surface area (Å²) in [5, 5.41) is 5.59. The summed E-state index contributed by atoms with van der Waals surface area (Å²) in [4.78, 5) is 11.3. The summed E-state index contributed by atoms with van der Waals surface area (Å²) in [5.74, 6) is 0. The summed E-state index contributed by atoms with van der Waals surface area (Å²) in [5.41, 5.74) is 5.55. The van der Waals surface area contributed by atoms with E-state index in [-0.39, 0.29) is 18.1 Å². The standard InChI is InChI=1S/C9H19N3O2/c1-7(10)2-4-11-9(13)12-8-3-5-14-6-8/h7-8H,2-6,10H2,1H3,(H2,11,12,13). The Labute approximate surface area is 84.4 Å². The number of hydrogen-bond acceptors (Lipinski definition) is 3. The Morgan fingerprint density at radius 2 is 2.50 bits per heavy atom. The van der Waals surface area contributed by atoms with E-state index >= 15 is 0 Å². The van der Waals surface area contributed by atoms with Gasteiger partial charge in [-0.15, -0.1) is 0 Å². The van der Waals surface area contributed by atoms with Crippen molar-refractivity contribution in [1.82, 2.24) is 10.6 Å². The number of nitrogens with two attached hydrogens (primary N) is 1. The summed E-state index contributed by atoms with van der Waals surface area (Å²) in [6.45, 7) is 3.91. The van der Waals surface area contributed by atoms with E-state index in [2.05, 4.69) is 10.6 Å². The van der Waals surface area contributed by atoms with E-state index in [0.29, 0.717) is 13.2 Å². The van der Waals surface area contributed by atoms with Crippen LogP contribution in [0.4, 0.5) is 4.79 Å².